The summed E-state index contributed by atoms with van der Waals surface area (Å²) in [6.07, 6.45) is 1.78. The van der Waals surface area contributed by atoms with E-state index >= 15 is 0 Å². The van der Waals surface area contributed by atoms with Crippen molar-refractivity contribution in [1.82, 2.24) is 5.32 Å². The number of hydrogen-bond acceptors (Lipinski definition) is 3. The SMILES string of the molecule is CC(=O)N1CCc2cc(C(=O)NC(CCC(C)(C)C)C(=O)O)ccc21. The highest BCUT2D eigenvalue weighted by Gasteiger charge is 2.26. The van der Waals surface area contributed by atoms with E-state index in [0.717, 1.165) is 11.3 Å². The molecule has 0 spiro atoms. The van der Waals surface area contributed by atoms with Crippen LogP contribution in [0, 0.1) is 5.41 Å². The van der Waals surface area contributed by atoms with E-state index in [-0.39, 0.29) is 11.3 Å². The Balaban J connectivity index is 2.09. The van der Waals surface area contributed by atoms with E-state index < -0.39 is 17.9 Å². The van der Waals surface area contributed by atoms with E-state index in [1.807, 2.05) is 20.8 Å². The summed E-state index contributed by atoms with van der Waals surface area (Å²) in [4.78, 5) is 37.1. The van der Waals surface area contributed by atoms with Crippen molar-refractivity contribution in [2.45, 2.75) is 53.0 Å². The highest BCUT2D eigenvalue weighted by atomic mass is 16.4. The smallest absolute Gasteiger partial charge is 0.326 e. The topological polar surface area (TPSA) is 86.7 Å². The fraction of sp³-hybridized carbons (Fsp3) is 0.526. The van der Waals surface area contributed by atoms with Gasteiger partial charge in [0.25, 0.3) is 5.91 Å². The lowest BCUT2D eigenvalue weighted by molar-refractivity contribution is -0.139. The second-order valence-corrected chi connectivity index (χ2v) is 7.73. The first-order chi connectivity index (χ1) is 11.6. The van der Waals surface area contributed by atoms with Crippen LogP contribution in [0.4, 0.5) is 5.69 Å². The molecule has 1 aromatic rings. The van der Waals surface area contributed by atoms with Crippen LogP contribution in [0.5, 0.6) is 0 Å². The van der Waals surface area contributed by atoms with Crippen molar-refractivity contribution in [1.29, 1.82) is 0 Å². The normalized spacial score (nSPS) is 14.8. The molecule has 0 radical (unpaired) electrons. The molecular weight excluding hydrogens is 320 g/mol. The number of carbonyl (C=O) groups excluding carboxylic acids is 2. The number of fused-ring (bicyclic) bond motifs is 1. The minimum Gasteiger partial charge on any atom is -0.480 e. The van der Waals surface area contributed by atoms with Gasteiger partial charge in [-0.1, -0.05) is 20.8 Å². The Morgan fingerprint density at radius 2 is 1.96 bits per heavy atom. The summed E-state index contributed by atoms with van der Waals surface area (Å²) in [6, 6.07) is 4.23. The largest absolute Gasteiger partial charge is 0.480 e. The van der Waals surface area contributed by atoms with Crippen LogP contribution in [0.25, 0.3) is 0 Å². The van der Waals surface area contributed by atoms with Gasteiger partial charge in [-0.3, -0.25) is 9.59 Å². The summed E-state index contributed by atoms with van der Waals surface area (Å²) in [5.74, 6) is -1.45. The van der Waals surface area contributed by atoms with E-state index in [1.54, 1.807) is 23.1 Å². The zero-order valence-corrected chi connectivity index (χ0v) is 15.3. The van der Waals surface area contributed by atoms with E-state index in [2.05, 4.69) is 5.32 Å². The minimum atomic E-state index is -1.03. The zero-order valence-electron chi connectivity index (χ0n) is 15.3. The average molecular weight is 346 g/mol. The fourth-order valence-electron chi connectivity index (χ4n) is 2.95. The average Bonchev–Trinajstić information content (AvgIpc) is 2.93. The van der Waals surface area contributed by atoms with Gasteiger partial charge >= 0.3 is 5.97 Å². The molecule has 1 aliphatic heterocycles. The Hall–Kier alpha value is -2.37. The number of hydrogen-bond donors (Lipinski definition) is 2. The Kier molecular flexibility index (Phi) is 5.50. The number of nitrogens with one attached hydrogen (secondary N) is 1. The molecule has 1 aliphatic rings. The van der Waals surface area contributed by atoms with Crippen LogP contribution in [0.2, 0.25) is 0 Å². The van der Waals surface area contributed by atoms with Crippen molar-refractivity contribution in [3.63, 3.8) is 0 Å². The first kappa shape index (κ1) is 19.0. The monoisotopic (exact) mass is 346 g/mol. The molecule has 1 aromatic carbocycles. The third-order valence-electron chi connectivity index (χ3n) is 4.40. The summed E-state index contributed by atoms with van der Waals surface area (Å²) in [6.45, 7) is 8.24. The molecule has 6 nitrogen and oxygen atoms in total. The molecule has 2 rings (SSSR count). The Labute approximate surface area is 148 Å². The maximum atomic E-state index is 12.4. The maximum Gasteiger partial charge on any atom is 0.326 e. The molecular formula is C19H26N2O4. The molecule has 1 atom stereocenters. The summed E-state index contributed by atoms with van der Waals surface area (Å²) >= 11 is 0. The fourth-order valence-corrected chi connectivity index (χ4v) is 2.95. The van der Waals surface area contributed by atoms with E-state index in [1.165, 1.54) is 6.92 Å². The summed E-state index contributed by atoms with van der Waals surface area (Å²) in [7, 11) is 0. The highest BCUT2D eigenvalue weighted by Crippen LogP contribution is 2.29. The zero-order chi connectivity index (χ0) is 18.8. The molecule has 0 aromatic heterocycles. The summed E-state index contributed by atoms with van der Waals surface area (Å²) in [5, 5.41) is 12.0. The van der Waals surface area contributed by atoms with Gasteiger partial charge in [0.05, 0.1) is 0 Å². The van der Waals surface area contributed by atoms with Gasteiger partial charge in [0, 0.05) is 24.7 Å². The highest BCUT2D eigenvalue weighted by molar-refractivity contribution is 5.99. The quantitative estimate of drug-likeness (QED) is 0.858. The number of carboxylic acid groups (broad SMARTS) is 1. The second kappa shape index (κ2) is 7.25. The molecule has 2 N–H and O–H groups in total. The molecule has 0 bridgehead atoms. The first-order valence-electron chi connectivity index (χ1n) is 8.53. The number of nitrogens with zero attached hydrogens (tertiary/aromatic N) is 1. The van der Waals surface area contributed by atoms with Crippen LogP contribution in [-0.4, -0.2) is 35.5 Å². The van der Waals surface area contributed by atoms with E-state index in [4.69, 9.17) is 0 Å². The minimum absolute atomic E-state index is 0.00213. The molecule has 0 saturated heterocycles. The first-order valence-corrected chi connectivity index (χ1v) is 8.53. The van der Waals surface area contributed by atoms with Gasteiger partial charge < -0.3 is 15.3 Å². The van der Waals surface area contributed by atoms with Crippen molar-refractivity contribution < 1.29 is 19.5 Å². The van der Waals surface area contributed by atoms with Crippen molar-refractivity contribution in [3.05, 3.63) is 29.3 Å². The van der Waals surface area contributed by atoms with Crippen molar-refractivity contribution >= 4 is 23.5 Å². The van der Waals surface area contributed by atoms with Crippen molar-refractivity contribution in [2.24, 2.45) is 5.41 Å². The molecule has 1 unspecified atom stereocenters. The predicted molar refractivity (Wildman–Crippen MR) is 95.8 cm³/mol. The Morgan fingerprint density at radius 3 is 2.52 bits per heavy atom. The summed E-state index contributed by atoms with van der Waals surface area (Å²) in [5.41, 5.74) is 2.18. The molecule has 0 fully saturated rings. The number of aliphatic carboxylic acids is 1. The van der Waals surface area contributed by atoms with Crippen LogP contribution >= 0.6 is 0 Å². The lowest BCUT2D eigenvalue weighted by Crippen LogP contribution is -2.41. The van der Waals surface area contributed by atoms with Crippen LogP contribution in [-0.2, 0) is 16.0 Å². The van der Waals surface area contributed by atoms with Gasteiger partial charge in [-0.2, -0.15) is 0 Å². The van der Waals surface area contributed by atoms with Crippen LogP contribution in [0.3, 0.4) is 0 Å². The Morgan fingerprint density at radius 1 is 1.28 bits per heavy atom. The molecule has 1 heterocycles. The van der Waals surface area contributed by atoms with E-state index in [9.17, 15) is 19.5 Å². The predicted octanol–water partition coefficient (Wildman–Crippen LogP) is 2.60. The number of carbonyl (C=O) groups is 3. The van der Waals surface area contributed by atoms with Crippen molar-refractivity contribution in [2.75, 3.05) is 11.4 Å². The van der Waals surface area contributed by atoms with Crippen LogP contribution < -0.4 is 10.2 Å². The van der Waals surface area contributed by atoms with E-state index in [0.29, 0.717) is 31.4 Å². The lowest BCUT2D eigenvalue weighted by atomic mass is 9.88. The van der Waals surface area contributed by atoms with Gasteiger partial charge in [-0.05, 0) is 48.4 Å². The van der Waals surface area contributed by atoms with Gasteiger partial charge in [0.15, 0.2) is 0 Å². The lowest BCUT2D eigenvalue weighted by Gasteiger charge is -2.21. The molecule has 136 valence electrons. The number of anilines is 1. The van der Waals surface area contributed by atoms with Gasteiger partial charge in [0.1, 0.15) is 6.04 Å². The van der Waals surface area contributed by atoms with Gasteiger partial charge in [-0.15, -0.1) is 0 Å². The van der Waals surface area contributed by atoms with Crippen molar-refractivity contribution in [3.8, 4) is 0 Å². The molecule has 0 saturated carbocycles. The summed E-state index contributed by atoms with van der Waals surface area (Å²) < 4.78 is 0. The second-order valence-electron chi connectivity index (χ2n) is 7.73. The maximum absolute atomic E-state index is 12.4. The molecule has 6 heteroatoms. The standard InChI is InChI=1S/C19H26N2O4/c1-12(22)21-10-8-13-11-14(5-6-16(13)21)17(23)20-15(18(24)25)7-9-19(2,3)4/h5-6,11,15H,7-10H2,1-4H3,(H,20,23)(H,24,25). The van der Waals surface area contributed by atoms with Gasteiger partial charge in [0.2, 0.25) is 5.91 Å². The molecule has 0 aliphatic carbocycles. The number of amides is 2. The number of benzene rings is 1. The number of carboxylic acids is 1. The number of rotatable bonds is 5. The van der Waals surface area contributed by atoms with Crippen LogP contribution in [0.15, 0.2) is 18.2 Å². The third kappa shape index (κ3) is 4.81. The van der Waals surface area contributed by atoms with Gasteiger partial charge in [-0.25, -0.2) is 4.79 Å². The Bertz CT molecular complexity index is 691. The van der Waals surface area contributed by atoms with Crippen LogP contribution in [0.1, 0.15) is 56.5 Å². The molecule has 25 heavy (non-hydrogen) atoms. The third-order valence-corrected chi connectivity index (χ3v) is 4.40. The molecule has 2 amide bonds.